The second kappa shape index (κ2) is 4.63. The van der Waals surface area contributed by atoms with Gasteiger partial charge in [0, 0.05) is 12.8 Å². The lowest BCUT2D eigenvalue weighted by Crippen LogP contribution is -2.09. The van der Waals surface area contributed by atoms with Gasteiger partial charge in [-0.3, -0.25) is 4.79 Å². The molecule has 0 aliphatic heterocycles. The Hall–Kier alpha value is -1.34. The quantitative estimate of drug-likeness (QED) is 0.745. The first-order valence-electron chi connectivity index (χ1n) is 3.89. The fraction of sp³-hybridized carbons (Fsp3) is 0.333. The average molecular weight is 194 g/mol. The molecule has 1 heterocycles. The summed E-state index contributed by atoms with van der Waals surface area (Å²) in [5, 5.41) is 3.50. The minimum atomic E-state index is -0.0541. The van der Waals surface area contributed by atoms with Gasteiger partial charge >= 0.3 is 0 Å². The first kappa shape index (κ1) is 9.75. The van der Waals surface area contributed by atoms with E-state index in [-0.39, 0.29) is 5.91 Å². The monoisotopic (exact) mass is 194 g/mol. The highest BCUT2D eigenvalue weighted by molar-refractivity contribution is 7.10. The third kappa shape index (κ3) is 3.26. The van der Waals surface area contributed by atoms with E-state index >= 15 is 0 Å². The zero-order chi connectivity index (χ0) is 9.68. The molecular formula is C9H10N2OS. The van der Waals surface area contributed by atoms with Crippen LogP contribution in [0.2, 0.25) is 0 Å². The van der Waals surface area contributed by atoms with Crippen LogP contribution in [-0.2, 0) is 4.79 Å². The summed E-state index contributed by atoms with van der Waals surface area (Å²) in [6.07, 6.45) is 5.88. The lowest BCUT2D eigenvalue weighted by Gasteiger charge is -1.97. The first-order valence-corrected chi connectivity index (χ1v) is 4.66. The van der Waals surface area contributed by atoms with Crippen molar-refractivity contribution in [1.29, 1.82) is 0 Å². The van der Waals surface area contributed by atoms with E-state index in [0.29, 0.717) is 12.8 Å². The number of hydrogen-bond donors (Lipinski definition) is 1. The molecule has 0 spiro atoms. The number of aryl methyl sites for hydroxylation is 1. The molecule has 1 aromatic heterocycles. The van der Waals surface area contributed by atoms with Crippen molar-refractivity contribution in [3.8, 4) is 12.3 Å². The van der Waals surface area contributed by atoms with Gasteiger partial charge in [-0.2, -0.15) is 4.37 Å². The molecule has 3 nitrogen and oxygen atoms in total. The lowest BCUT2D eigenvalue weighted by molar-refractivity contribution is -0.116. The van der Waals surface area contributed by atoms with Gasteiger partial charge in [0.25, 0.3) is 0 Å². The van der Waals surface area contributed by atoms with Gasteiger partial charge in [-0.05, 0) is 24.5 Å². The smallest absolute Gasteiger partial charge is 0.225 e. The van der Waals surface area contributed by atoms with Gasteiger partial charge in [0.1, 0.15) is 5.00 Å². The standard InChI is InChI=1S/C9H10N2OS/c1-3-4-5-8(12)10-9-6-7(2)11-13-9/h1,6H,4-5H2,2H3,(H,10,12). The Morgan fingerprint density at radius 2 is 2.62 bits per heavy atom. The van der Waals surface area contributed by atoms with E-state index in [0.717, 1.165) is 10.7 Å². The van der Waals surface area contributed by atoms with Crippen molar-refractivity contribution in [2.75, 3.05) is 5.32 Å². The number of anilines is 1. The molecule has 0 aliphatic carbocycles. The normalized spacial score (nSPS) is 9.23. The van der Waals surface area contributed by atoms with Gasteiger partial charge in [-0.15, -0.1) is 12.3 Å². The van der Waals surface area contributed by atoms with Gasteiger partial charge < -0.3 is 5.32 Å². The Balaban J connectivity index is 2.41. The summed E-state index contributed by atoms with van der Waals surface area (Å²) < 4.78 is 4.04. The zero-order valence-corrected chi connectivity index (χ0v) is 8.15. The van der Waals surface area contributed by atoms with Crippen LogP contribution in [0.1, 0.15) is 18.5 Å². The van der Waals surface area contributed by atoms with Crippen LogP contribution in [0.5, 0.6) is 0 Å². The Labute approximate surface area is 81.3 Å². The number of nitrogens with zero attached hydrogens (tertiary/aromatic N) is 1. The highest BCUT2D eigenvalue weighted by Crippen LogP contribution is 2.15. The highest BCUT2D eigenvalue weighted by atomic mass is 32.1. The van der Waals surface area contributed by atoms with Gasteiger partial charge in [0.2, 0.25) is 5.91 Å². The van der Waals surface area contributed by atoms with Crippen LogP contribution in [0.25, 0.3) is 0 Å². The van der Waals surface area contributed by atoms with Crippen molar-refractivity contribution >= 4 is 22.4 Å². The fourth-order valence-corrected chi connectivity index (χ4v) is 1.49. The largest absolute Gasteiger partial charge is 0.316 e. The minimum absolute atomic E-state index is 0.0541. The maximum absolute atomic E-state index is 11.2. The van der Waals surface area contributed by atoms with Crippen LogP contribution in [0, 0.1) is 19.3 Å². The number of hydrogen-bond acceptors (Lipinski definition) is 3. The Bertz CT molecular complexity index is 338. The molecule has 0 radical (unpaired) electrons. The zero-order valence-electron chi connectivity index (χ0n) is 7.33. The minimum Gasteiger partial charge on any atom is -0.316 e. The van der Waals surface area contributed by atoms with Crippen LogP contribution in [-0.4, -0.2) is 10.3 Å². The summed E-state index contributed by atoms with van der Waals surface area (Å²) in [5.41, 5.74) is 0.914. The number of amides is 1. The summed E-state index contributed by atoms with van der Waals surface area (Å²) in [7, 11) is 0. The second-order valence-electron chi connectivity index (χ2n) is 2.58. The Morgan fingerprint density at radius 1 is 1.85 bits per heavy atom. The molecule has 1 N–H and O–H groups in total. The first-order chi connectivity index (χ1) is 6.22. The Kier molecular flexibility index (Phi) is 3.47. The molecule has 0 fully saturated rings. The molecule has 0 bridgehead atoms. The van der Waals surface area contributed by atoms with Crippen LogP contribution in [0.15, 0.2) is 6.07 Å². The number of carbonyl (C=O) groups excluding carboxylic acids is 1. The SMILES string of the molecule is C#CCCC(=O)Nc1cc(C)ns1. The van der Waals surface area contributed by atoms with Gasteiger partial charge in [0.15, 0.2) is 0 Å². The molecule has 68 valence electrons. The number of aromatic nitrogens is 1. The molecule has 0 saturated carbocycles. The molecule has 0 unspecified atom stereocenters. The lowest BCUT2D eigenvalue weighted by atomic mass is 10.3. The molecular weight excluding hydrogens is 184 g/mol. The third-order valence-electron chi connectivity index (χ3n) is 1.39. The molecule has 0 aromatic carbocycles. The van der Waals surface area contributed by atoms with Crippen LogP contribution in [0.4, 0.5) is 5.00 Å². The molecule has 13 heavy (non-hydrogen) atoms. The third-order valence-corrected chi connectivity index (χ3v) is 2.18. The van der Waals surface area contributed by atoms with Crippen LogP contribution >= 0.6 is 11.5 Å². The maximum atomic E-state index is 11.2. The maximum Gasteiger partial charge on any atom is 0.225 e. The molecule has 1 aromatic rings. The van der Waals surface area contributed by atoms with E-state index in [1.165, 1.54) is 11.5 Å². The molecule has 0 atom stereocenters. The van der Waals surface area contributed by atoms with Crippen LogP contribution < -0.4 is 5.32 Å². The van der Waals surface area contributed by atoms with Crippen molar-refractivity contribution in [1.82, 2.24) is 4.37 Å². The van der Waals surface area contributed by atoms with Crippen molar-refractivity contribution in [2.24, 2.45) is 0 Å². The van der Waals surface area contributed by atoms with E-state index in [4.69, 9.17) is 6.42 Å². The van der Waals surface area contributed by atoms with Crippen molar-refractivity contribution in [3.05, 3.63) is 11.8 Å². The highest BCUT2D eigenvalue weighted by Gasteiger charge is 2.03. The van der Waals surface area contributed by atoms with E-state index in [1.54, 1.807) is 0 Å². The molecule has 0 saturated heterocycles. The predicted molar refractivity (Wildman–Crippen MR) is 53.5 cm³/mol. The molecule has 1 amide bonds. The van der Waals surface area contributed by atoms with E-state index < -0.39 is 0 Å². The fourth-order valence-electron chi connectivity index (χ4n) is 0.808. The van der Waals surface area contributed by atoms with Gasteiger partial charge in [-0.1, -0.05) is 0 Å². The number of nitrogens with one attached hydrogen (secondary N) is 1. The number of carbonyl (C=O) groups is 1. The summed E-state index contributed by atoms with van der Waals surface area (Å²) >= 11 is 1.28. The van der Waals surface area contributed by atoms with E-state index in [2.05, 4.69) is 15.6 Å². The predicted octanol–water partition coefficient (Wildman–Crippen LogP) is 1.80. The molecule has 0 aliphatic rings. The molecule has 1 rings (SSSR count). The van der Waals surface area contributed by atoms with Gasteiger partial charge in [0.05, 0.1) is 5.69 Å². The van der Waals surface area contributed by atoms with E-state index in [1.807, 2.05) is 13.0 Å². The van der Waals surface area contributed by atoms with Crippen molar-refractivity contribution in [2.45, 2.75) is 19.8 Å². The summed E-state index contributed by atoms with van der Waals surface area (Å²) in [6, 6.07) is 1.83. The average Bonchev–Trinajstić information content (AvgIpc) is 2.48. The van der Waals surface area contributed by atoms with Crippen molar-refractivity contribution < 1.29 is 4.79 Å². The Morgan fingerprint density at radius 3 is 3.15 bits per heavy atom. The summed E-state index contributed by atoms with van der Waals surface area (Å²) in [5.74, 6) is 2.36. The van der Waals surface area contributed by atoms with E-state index in [9.17, 15) is 4.79 Å². The summed E-state index contributed by atoms with van der Waals surface area (Å²) in [4.78, 5) is 11.2. The second-order valence-corrected chi connectivity index (χ2v) is 3.39. The molecule has 4 heteroatoms. The number of rotatable bonds is 3. The summed E-state index contributed by atoms with van der Waals surface area (Å²) in [6.45, 7) is 1.88. The van der Waals surface area contributed by atoms with Gasteiger partial charge in [-0.25, -0.2) is 0 Å². The number of terminal acetylenes is 1. The van der Waals surface area contributed by atoms with Crippen LogP contribution in [0.3, 0.4) is 0 Å². The van der Waals surface area contributed by atoms with Crippen molar-refractivity contribution in [3.63, 3.8) is 0 Å². The topological polar surface area (TPSA) is 42.0 Å².